The number of piperidine rings is 1. The molecule has 2 amide bonds. The molecule has 3 atom stereocenters. The van der Waals surface area contributed by atoms with E-state index in [4.69, 9.17) is 4.74 Å². The van der Waals surface area contributed by atoms with E-state index in [2.05, 4.69) is 9.88 Å². The maximum atomic E-state index is 13.2. The summed E-state index contributed by atoms with van der Waals surface area (Å²) in [6.45, 7) is 5.81. The van der Waals surface area contributed by atoms with Gasteiger partial charge in [-0.2, -0.15) is 0 Å². The fourth-order valence-corrected chi connectivity index (χ4v) is 5.70. The molecule has 2 aliphatic heterocycles. The van der Waals surface area contributed by atoms with E-state index in [0.717, 1.165) is 48.2 Å². The van der Waals surface area contributed by atoms with Crippen molar-refractivity contribution in [1.82, 2.24) is 14.8 Å². The highest BCUT2D eigenvalue weighted by Crippen LogP contribution is 2.40. The summed E-state index contributed by atoms with van der Waals surface area (Å²) in [5, 5.41) is 0.917. The zero-order valence-electron chi connectivity index (χ0n) is 16.3. The Hall–Kier alpha value is -1.67. The molecule has 27 heavy (non-hydrogen) atoms. The second-order valence-electron chi connectivity index (χ2n) is 8.05. The number of amides is 2. The fourth-order valence-electron chi connectivity index (χ4n) is 4.60. The molecule has 7 nitrogen and oxygen atoms in total. The number of ether oxygens (including phenoxy) is 1. The second kappa shape index (κ2) is 7.39. The molecule has 0 spiro atoms. The third-order valence-electron chi connectivity index (χ3n) is 6.32. The van der Waals surface area contributed by atoms with Crippen LogP contribution in [-0.4, -0.2) is 79.6 Å². The summed E-state index contributed by atoms with van der Waals surface area (Å²) in [6.07, 6.45) is 2.54. The number of aryl methyl sites for hydroxylation is 1. The van der Waals surface area contributed by atoms with Crippen LogP contribution >= 0.6 is 11.3 Å². The predicted octanol–water partition coefficient (Wildman–Crippen LogP) is 1.62. The van der Waals surface area contributed by atoms with Crippen LogP contribution in [0.25, 0.3) is 0 Å². The monoisotopic (exact) mass is 392 g/mol. The molecule has 0 radical (unpaired) electrons. The lowest BCUT2D eigenvalue weighted by molar-refractivity contribution is -0.134. The van der Waals surface area contributed by atoms with E-state index >= 15 is 0 Å². The third kappa shape index (κ3) is 3.57. The standard InChI is InChI=1S/C19H28N4O3S/c1-12-17(27-19(20-12)23-4-6-26-7-5-23)18(25)22(3)15-8-13-10-16(24)21(2)11-14(13)9-15/h13-15H,4-11H2,1-3H3/t13-,14+,15-/m0/s1. The van der Waals surface area contributed by atoms with Crippen molar-refractivity contribution in [2.75, 3.05) is 51.8 Å². The predicted molar refractivity (Wildman–Crippen MR) is 104 cm³/mol. The Balaban J connectivity index is 1.45. The number of anilines is 1. The van der Waals surface area contributed by atoms with Gasteiger partial charge in [-0.3, -0.25) is 9.59 Å². The van der Waals surface area contributed by atoms with Gasteiger partial charge in [-0.25, -0.2) is 4.98 Å². The number of aromatic nitrogens is 1. The van der Waals surface area contributed by atoms with Gasteiger partial charge in [-0.05, 0) is 31.6 Å². The maximum Gasteiger partial charge on any atom is 0.265 e. The van der Waals surface area contributed by atoms with Crippen LogP contribution < -0.4 is 4.90 Å². The van der Waals surface area contributed by atoms with Crippen molar-refractivity contribution in [3.8, 4) is 0 Å². The van der Waals surface area contributed by atoms with Crippen LogP contribution in [-0.2, 0) is 9.53 Å². The molecule has 8 heteroatoms. The van der Waals surface area contributed by atoms with E-state index < -0.39 is 0 Å². The van der Waals surface area contributed by atoms with Gasteiger partial charge in [0, 0.05) is 46.2 Å². The Kier molecular flexibility index (Phi) is 5.11. The number of nitrogens with zero attached hydrogens (tertiary/aromatic N) is 4. The van der Waals surface area contributed by atoms with Crippen molar-refractivity contribution in [2.24, 2.45) is 11.8 Å². The first kappa shape index (κ1) is 18.7. The molecule has 1 aliphatic carbocycles. The quantitative estimate of drug-likeness (QED) is 0.782. The molecule has 3 fully saturated rings. The molecule has 1 aromatic rings. The van der Waals surface area contributed by atoms with Gasteiger partial charge in [-0.1, -0.05) is 11.3 Å². The van der Waals surface area contributed by atoms with Gasteiger partial charge in [-0.15, -0.1) is 0 Å². The second-order valence-corrected chi connectivity index (χ2v) is 9.03. The Morgan fingerprint density at radius 3 is 2.70 bits per heavy atom. The summed E-state index contributed by atoms with van der Waals surface area (Å²) in [7, 11) is 3.79. The maximum absolute atomic E-state index is 13.2. The lowest BCUT2D eigenvalue weighted by Crippen LogP contribution is -2.39. The van der Waals surface area contributed by atoms with Crippen molar-refractivity contribution < 1.29 is 14.3 Å². The summed E-state index contributed by atoms with van der Waals surface area (Å²) < 4.78 is 5.41. The Morgan fingerprint density at radius 1 is 1.26 bits per heavy atom. The number of thiazole rings is 1. The Morgan fingerprint density at radius 2 is 1.96 bits per heavy atom. The van der Waals surface area contributed by atoms with Gasteiger partial charge in [0.15, 0.2) is 5.13 Å². The molecule has 0 N–H and O–H groups in total. The molecule has 0 unspecified atom stereocenters. The number of hydrogen-bond donors (Lipinski definition) is 0. The fraction of sp³-hybridized carbons (Fsp3) is 0.737. The van der Waals surface area contributed by atoms with Gasteiger partial charge in [0.2, 0.25) is 5.91 Å². The van der Waals surface area contributed by atoms with Crippen molar-refractivity contribution in [3.05, 3.63) is 10.6 Å². The minimum atomic E-state index is 0.0628. The van der Waals surface area contributed by atoms with Crippen molar-refractivity contribution in [3.63, 3.8) is 0 Å². The summed E-state index contributed by atoms with van der Waals surface area (Å²) in [6, 6.07) is 0.208. The number of carbonyl (C=O) groups is 2. The van der Waals surface area contributed by atoms with Crippen LogP contribution in [0.5, 0.6) is 0 Å². The number of morpholine rings is 1. The normalized spacial score (nSPS) is 28.4. The highest BCUT2D eigenvalue weighted by Gasteiger charge is 2.42. The molecule has 148 valence electrons. The molecule has 3 aliphatic rings. The van der Waals surface area contributed by atoms with Crippen molar-refractivity contribution in [1.29, 1.82) is 0 Å². The van der Waals surface area contributed by atoms with E-state index in [0.29, 0.717) is 31.5 Å². The number of likely N-dealkylation sites (tertiary alicyclic amines) is 1. The first-order valence-electron chi connectivity index (χ1n) is 9.75. The third-order valence-corrected chi connectivity index (χ3v) is 7.52. The van der Waals surface area contributed by atoms with E-state index in [-0.39, 0.29) is 17.9 Å². The van der Waals surface area contributed by atoms with Crippen LogP contribution in [0.1, 0.15) is 34.6 Å². The number of fused-ring (bicyclic) bond motifs is 1. The molecule has 2 saturated heterocycles. The number of hydrogen-bond acceptors (Lipinski definition) is 6. The van der Waals surface area contributed by atoms with E-state index in [1.165, 1.54) is 11.3 Å². The zero-order chi connectivity index (χ0) is 19.1. The van der Waals surface area contributed by atoms with Gasteiger partial charge >= 0.3 is 0 Å². The summed E-state index contributed by atoms with van der Waals surface area (Å²) >= 11 is 1.49. The SMILES string of the molecule is Cc1nc(N2CCOCC2)sc1C(=O)N(C)[C@H]1C[C@H]2CC(=O)N(C)C[C@H]2C1. The van der Waals surface area contributed by atoms with Crippen molar-refractivity contribution >= 4 is 28.3 Å². The number of carbonyl (C=O) groups excluding carboxylic acids is 2. The largest absolute Gasteiger partial charge is 0.378 e. The zero-order valence-corrected chi connectivity index (χ0v) is 17.1. The molecule has 4 rings (SSSR count). The molecule has 1 saturated carbocycles. The Bertz CT molecular complexity index is 731. The molecule has 0 bridgehead atoms. The smallest absolute Gasteiger partial charge is 0.265 e. The van der Waals surface area contributed by atoms with Crippen molar-refractivity contribution in [2.45, 2.75) is 32.2 Å². The summed E-state index contributed by atoms with van der Waals surface area (Å²) in [5.41, 5.74) is 0.809. The molecule has 1 aromatic heterocycles. The average Bonchev–Trinajstić information content (AvgIpc) is 3.25. The molecule has 3 heterocycles. The topological polar surface area (TPSA) is 66.0 Å². The van der Waals surface area contributed by atoms with Crippen LogP contribution in [0.2, 0.25) is 0 Å². The van der Waals surface area contributed by atoms with Crippen LogP contribution in [0.4, 0.5) is 5.13 Å². The van der Waals surface area contributed by atoms with Gasteiger partial charge in [0.05, 0.1) is 18.9 Å². The van der Waals surface area contributed by atoms with Gasteiger partial charge in [0.1, 0.15) is 4.88 Å². The highest BCUT2D eigenvalue weighted by atomic mass is 32.1. The van der Waals surface area contributed by atoms with E-state index in [1.807, 2.05) is 30.8 Å². The summed E-state index contributed by atoms with van der Waals surface area (Å²) in [4.78, 5) is 36.5. The molecular weight excluding hydrogens is 364 g/mol. The van der Waals surface area contributed by atoms with Gasteiger partial charge < -0.3 is 19.4 Å². The minimum absolute atomic E-state index is 0.0628. The van der Waals surface area contributed by atoms with Crippen LogP contribution in [0.15, 0.2) is 0 Å². The van der Waals surface area contributed by atoms with Crippen LogP contribution in [0, 0.1) is 18.8 Å². The first-order chi connectivity index (χ1) is 12.9. The minimum Gasteiger partial charge on any atom is -0.378 e. The van der Waals surface area contributed by atoms with Gasteiger partial charge in [0.25, 0.3) is 5.91 Å². The molecule has 0 aromatic carbocycles. The summed E-state index contributed by atoms with van der Waals surface area (Å²) in [5.74, 6) is 1.23. The highest BCUT2D eigenvalue weighted by molar-refractivity contribution is 7.17. The molecular formula is C19H28N4O3S. The first-order valence-corrected chi connectivity index (χ1v) is 10.6. The van der Waals surface area contributed by atoms with E-state index in [9.17, 15) is 9.59 Å². The lowest BCUT2D eigenvalue weighted by atomic mass is 9.88. The lowest BCUT2D eigenvalue weighted by Gasteiger charge is -2.31. The van der Waals surface area contributed by atoms with E-state index in [1.54, 1.807) is 0 Å². The average molecular weight is 393 g/mol. The Labute approximate surface area is 164 Å². The number of rotatable bonds is 3. The van der Waals surface area contributed by atoms with Crippen LogP contribution in [0.3, 0.4) is 0 Å².